The number of benzene rings is 2. The van der Waals surface area contributed by atoms with Crippen LogP contribution in [0.2, 0.25) is 0 Å². The molecule has 0 aliphatic heterocycles. The van der Waals surface area contributed by atoms with Crippen LogP contribution in [0.5, 0.6) is 0 Å². The highest BCUT2D eigenvalue weighted by atomic mass is 16.5. The number of nitrogens with one attached hydrogen (secondary N) is 3. The van der Waals surface area contributed by atoms with Crippen molar-refractivity contribution < 1.29 is 13.6 Å². The monoisotopic (exact) mass is 400 g/mol. The molecule has 6 nitrogen and oxygen atoms in total. The molecule has 29 heavy (non-hydrogen) atoms. The number of amides is 2. The summed E-state index contributed by atoms with van der Waals surface area (Å²) in [6.45, 7) is 7.97. The van der Waals surface area contributed by atoms with Gasteiger partial charge in [0.1, 0.15) is 5.76 Å². The van der Waals surface area contributed by atoms with Crippen molar-refractivity contribution in [2.45, 2.75) is 47.0 Å². The fourth-order valence-electron chi connectivity index (χ4n) is 2.64. The van der Waals surface area contributed by atoms with E-state index in [1.807, 2.05) is 38.1 Å². The summed E-state index contributed by atoms with van der Waals surface area (Å²) >= 11 is 0. The molecular weight excluding hydrogens is 364 g/mol. The normalized spacial score (nSPS) is 9.93. The van der Waals surface area contributed by atoms with E-state index in [0.717, 1.165) is 17.8 Å². The molecule has 3 N–H and O–H groups in total. The average molecular weight is 401 g/mol. The van der Waals surface area contributed by atoms with E-state index in [0.29, 0.717) is 17.3 Å². The summed E-state index contributed by atoms with van der Waals surface area (Å²) in [5.74, 6) is 1.02. The number of aryl methyl sites for hydroxylation is 2. The minimum Gasteiger partial charge on any atom is -0.360 e. The van der Waals surface area contributed by atoms with Crippen LogP contribution in [0, 0.1) is 6.92 Å². The number of rotatable bonds is 7. The van der Waals surface area contributed by atoms with E-state index >= 15 is 0 Å². The van der Waals surface area contributed by atoms with Gasteiger partial charge in [0.2, 0.25) is 0 Å². The predicted octanol–water partition coefficient (Wildman–Crippen LogP) is 7.48. The molecule has 3 rings (SSSR count). The lowest BCUT2D eigenvalue weighted by Gasteiger charge is -2.09. The van der Waals surface area contributed by atoms with Gasteiger partial charge in [0, 0.05) is 27.4 Å². The van der Waals surface area contributed by atoms with Crippen LogP contribution in [0.1, 0.15) is 49.2 Å². The van der Waals surface area contributed by atoms with Crippen LogP contribution >= 0.6 is 0 Å². The van der Waals surface area contributed by atoms with Crippen molar-refractivity contribution in [3.8, 4) is 0 Å². The van der Waals surface area contributed by atoms with E-state index in [1.54, 1.807) is 13.0 Å². The van der Waals surface area contributed by atoms with E-state index < -0.39 is 0 Å². The molecule has 1 heterocycles. The van der Waals surface area contributed by atoms with E-state index in [2.05, 4.69) is 52.3 Å². The first-order valence-electron chi connectivity index (χ1n) is 10.1. The van der Waals surface area contributed by atoms with Gasteiger partial charge in [-0.3, -0.25) is 5.32 Å². The van der Waals surface area contributed by atoms with Crippen molar-refractivity contribution in [1.82, 2.24) is 5.16 Å². The van der Waals surface area contributed by atoms with Gasteiger partial charge in [-0.1, -0.05) is 44.5 Å². The Hall–Kier alpha value is -3.28. The first-order chi connectivity index (χ1) is 14.1. The Kier molecular flexibility index (Phi) is 8.76. The van der Waals surface area contributed by atoms with Crippen molar-refractivity contribution in [2.24, 2.45) is 0 Å². The lowest BCUT2D eigenvalue weighted by atomic mass is 10.1. The molecule has 0 saturated carbocycles. The zero-order chi connectivity index (χ0) is 21.1. The summed E-state index contributed by atoms with van der Waals surface area (Å²) in [5, 5.41) is 12.5. The topological polar surface area (TPSA) is 79.2 Å². The molecule has 0 saturated heterocycles. The van der Waals surface area contributed by atoms with Crippen LogP contribution in [0.4, 0.5) is 27.7 Å². The summed E-state index contributed by atoms with van der Waals surface area (Å²) in [4.78, 5) is 12.0. The fraction of sp³-hybridized carbons (Fsp3) is 0.304. The van der Waals surface area contributed by atoms with E-state index in [1.165, 1.54) is 18.4 Å². The maximum Gasteiger partial charge on any atom is 0.324 e. The Morgan fingerprint density at radius 2 is 1.55 bits per heavy atom. The molecule has 160 valence electrons. The van der Waals surface area contributed by atoms with Gasteiger partial charge in [-0.25, -0.2) is 4.79 Å². The molecular formula is C23H36N4O2. The summed E-state index contributed by atoms with van der Waals surface area (Å²) < 4.78 is 4.91. The van der Waals surface area contributed by atoms with Crippen molar-refractivity contribution in [3.63, 3.8) is 0 Å². The standard InChI is InChI=1S/C21H24N4O2.C2H6.3H2/c1-3-4-5-16-6-8-17(9-7-16)22-18-10-12-19(13-11-18)23-21(26)24-20-14-15(2)27-25-20;1-2;;;/h6-14,22H,3-5H2,1-2H3,(H2,23,24,25,26);1-2H3;3*1H. The molecule has 6 heteroatoms. The Labute approximate surface area is 177 Å². The highest BCUT2D eigenvalue weighted by Crippen LogP contribution is 2.20. The average Bonchev–Trinajstić information content (AvgIpc) is 3.15. The molecule has 0 spiro atoms. The van der Waals surface area contributed by atoms with E-state index in [-0.39, 0.29) is 10.3 Å². The molecule has 0 radical (unpaired) electrons. The molecule has 0 unspecified atom stereocenters. The summed E-state index contributed by atoms with van der Waals surface area (Å²) in [7, 11) is 0. The van der Waals surface area contributed by atoms with Crippen molar-refractivity contribution in [1.29, 1.82) is 0 Å². The molecule has 0 aliphatic carbocycles. The number of nitrogens with zero attached hydrogens (tertiary/aromatic N) is 1. The summed E-state index contributed by atoms with van der Waals surface area (Å²) in [5.41, 5.74) is 4.04. The quantitative estimate of drug-likeness (QED) is 0.384. The van der Waals surface area contributed by atoms with Crippen LogP contribution in [0.25, 0.3) is 0 Å². The number of carbonyl (C=O) groups is 1. The number of carbonyl (C=O) groups excluding carboxylic acids is 1. The van der Waals surface area contributed by atoms with Crippen LogP contribution in [-0.2, 0) is 6.42 Å². The van der Waals surface area contributed by atoms with Crippen LogP contribution < -0.4 is 16.0 Å². The van der Waals surface area contributed by atoms with Crippen molar-refractivity contribution >= 4 is 28.9 Å². The zero-order valence-electron chi connectivity index (χ0n) is 17.6. The van der Waals surface area contributed by atoms with Crippen molar-refractivity contribution in [3.05, 3.63) is 65.9 Å². The SMILES string of the molecule is CC.CCCCc1ccc(Nc2ccc(NC(=O)Nc3cc(C)on3)cc2)cc1.[HH].[HH].[HH]. The van der Waals surface area contributed by atoms with Crippen molar-refractivity contribution in [2.75, 3.05) is 16.0 Å². The maximum absolute atomic E-state index is 12.0. The predicted molar refractivity (Wildman–Crippen MR) is 126 cm³/mol. The van der Waals surface area contributed by atoms with Gasteiger partial charge < -0.3 is 15.2 Å². The molecule has 2 aromatic carbocycles. The second-order valence-electron chi connectivity index (χ2n) is 6.40. The third-order valence-corrected chi connectivity index (χ3v) is 4.07. The smallest absolute Gasteiger partial charge is 0.324 e. The Bertz CT molecular complexity index is 885. The lowest BCUT2D eigenvalue weighted by Crippen LogP contribution is -2.19. The Morgan fingerprint density at radius 3 is 2.10 bits per heavy atom. The fourth-order valence-corrected chi connectivity index (χ4v) is 2.64. The molecule has 0 fully saturated rings. The lowest BCUT2D eigenvalue weighted by molar-refractivity contribution is 0.262. The molecule has 0 bridgehead atoms. The number of unbranched alkanes of at least 4 members (excludes halogenated alkanes) is 1. The van der Waals surface area contributed by atoms with Gasteiger partial charge in [-0.15, -0.1) is 0 Å². The molecule has 1 aromatic heterocycles. The second-order valence-corrected chi connectivity index (χ2v) is 6.40. The molecule has 0 atom stereocenters. The van der Waals surface area contributed by atoms with Gasteiger partial charge in [0.25, 0.3) is 0 Å². The number of hydrogen-bond acceptors (Lipinski definition) is 4. The molecule has 0 aliphatic rings. The second kappa shape index (κ2) is 11.5. The van der Waals surface area contributed by atoms with E-state index in [4.69, 9.17) is 4.52 Å². The molecule has 3 aromatic rings. The van der Waals surface area contributed by atoms with E-state index in [9.17, 15) is 4.79 Å². The maximum atomic E-state index is 12.0. The van der Waals surface area contributed by atoms with Gasteiger partial charge in [0.15, 0.2) is 5.82 Å². The number of urea groups is 1. The summed E-state index contributed by atoms with van der Waals surface area (Å²) in [6, 6.07) is 17.3. The Morgan fingerprint density at radius 1 is 0.966 bits per heavy atom. The van der Waals surface area contributed by atoms with Crippen LogP contribution in [0.3, 0.4) is 0 Å². The number of anilines is 4. The summed E-state index contributed by atoms with van der Waals surface area (Å²) in [6.07, 6.45) is 3.54. The van der Waals surface area contributed by atoms with Gasteiger partial charge in [-0.05, 0) is 61.7 Å². The number of hydrogen-bond donors (Lipinski definition) is 3. The highest BCUT2D eigenvalue weighted by molar-refractivity contribution is 5.99. The van der Waals surface area contributed by atoms with Crippen LogP contribution in [0.15, 0.2) is 59.1 Å². The highest BCUT2D eigenvalue weighted by Gasteiger charge is 2.06. The first-order valence-corrected chi connectivity index (χ1v) is 10.1. The van der Waals surface area contributed by atoms with Crippen LogP contribution in [-0.4, -0.2) is 11.2 Å². The molecule has 2 amide bonds. The minimum atomic E-state index is -0.369. The van der Waals surface area contributed by atoms with Gasteiger partial charge >= 0.3 is 6.03 Å². The first kappa shape index (κ1) is 22.0. The Balaban J connectivity index is 0. The third-order valence-electron chi connectivity index (χ3n) is 4.07. The van der Waals surface area contributed by atoms with Gasteiger partial charge in [-0.2, -0.15) is 0 Å². The minimum absolute atomic E-state index is 0. The third kappa shape index (κ3) is 7.33. The number of aromatic nitrogens is 1. The largest absolute Gasteiger partial charge is 0.360 e. The zero-order valence-corrected chi connectivity index (χ0v) is 17.6. The van der Waals surface area contributed by atoms with Gasteiger partial charge in [0.05, 0.1) is 0 Å².